The van der Waals surface area contributed by atoms with E-state index in [-0.39, 0.29) is 6.10 Å². The third-order valence-corrected chi connectivity index (χ3v) is 4.85. The number of benzene rings is 1. The number of hydrogen-bond acceptors (Lipinski definition) is 3. The van der Waals surface area contributed by atoms with E-state index < -0.39 is 0 Å². The molecule has 1 unspecified atom stereocenters. The predicted molar refractivity (Wildman–Crippen MR) is 88.5 cm³/mol. The van der Waals surface area contributed by atoms with Crippen molar-refractivity contribution in [3.8, 4) is 0 Å². The van der Waals surface area contributed by atoms with Crippen LogP contribution >= 0.6 is 0 Å². The van der Waals surface area contributed by atoms with Gasteiger partial charge in [-0.3, -0.25) is 0 Å². The van der Waals surface area contributed by atoms with Gasteiger partial charge in [-0.15, -0.1) is 0 Å². The molecule has 1 atom stereocenters. The summed E-state index contributed by atoms with van der Waals surface area (Å²) in [5.41, 5.74) is 2.28. The summed E-state index contributed by atoms with van der Waals surface area (Å²) in [5, 5.41) is 10.3. The Balaban J connectivity index is 1.76. The molecule has 1 aliphatic heterocycles. The Kier molecular flexibility index (Phi) is 6.22. The van der Waals surface area contributed by atoms with Crippen molar-refractivity contribution < 1.29 is 5.11 Å². The van der Waals surface area contributed by atoms with E-state index in [9.17, 15) is 5.11 Å². The second-order valence-corrected chi connectivity index (χ2v) is 6.36. The molecule has 3 nitrogen and oxygen atoms in total. The molecular formula is C18H30N2O. The molecule has 21 heavy (non-hydrogen) atoms. The van der Waals surface area contributed by atoms with Crippen molar-refractivity contribution in [1.82, 2.24) is 9.80 Å². The molecule has 1 aliphatic rings. The van der Waals surface area contributed by atoms with Crippen LogP contribution in [0.5, 0.6) is 0 Å². The van der Waals surface area contributed by atoms with Gasteiger partial charge in [-0.25, -0.2) is 0 Å². The van der Waals surface area contributed by atoms with Gasteiger partial charge in [-0.2, -0.15) is 0 Å². The smallest absolute Gasteiger partial charge is 0.0802 e. The van der Waals surface area contributed by atoms with Crippen LogP contribution in [0.1, 0.15) is 43.4 Å². The van der Waals surface area contributed by atoms with Crippen molar-refractivity contribution in [1.29, 1.82) is 0 Å². The van der Waals surface area contributed by atoms with Crippen LogP contribution in [-0.2, 0) is 0 Å². The maximum Gasteiger partial charge on any atom is 0.0802 e. The summed E-state index contributed by atoms with van der Waals surface area (Å²) in [5.74, 6) is 0. The van der Waals surface area contributed by atoms with Crippen molar-refractivity contribution in [2.75, 3.05) is 33.2 Å². The lowest BCUT2D eigenvalue weighted by molar-refractivity contribution is 0.104. The lowest BCUT2D eigenvalue weighted by atomic mass is 10.0. The lowest BCUT2D eigenvalue weighted by Crippen LogP contribution is -2.43. The second kappa shape index (κ2) is 7.92. The number of aliphatic hydroxyl groups excluding tert-OH is 1. The first kappa shape index (κ1) is 16.5. The molecule has 1 heterocycles. The average molecular weight is 290 g/mol. The SMILES string of the molecule is CCN1CCC(N(C)CCC(O)c2ccc(C)cc2)CC1. The normalized spacial score (nSPS) is 19.1. The van der Waals surface area contributed by atoms with E-state index in [0.717, 1.165) is 18.5 Å². The largest absolute Gasteiger partial charge is 0.388 e. The van der Waals surface area contributed by atoms with Crippen LogP contribution in [0.2, 0.25) is 0 Å². The highest BCUT2D eigenvalue weighted by Gasteiger charge is 2.21. The molecule has 0 aromatic heterocycles. The molecule has 2 rings (SSSR count). The van der Waals surface area contributed by atoms with Gasteiger partial charge in [-0.1, -0.05) is 36.8 Å². The summed E-state index contributed by atoms with van der Waals surface area (Å²) in [7, 11) is 2.20. The van der Waals surface area contributed by atoms with Crippen molar-refractivity contribution >= 4 is 0 Å². The second-order valence-electron chi connectivity index (χ2n) is 6.36. The molecule has 1 saturated heterocycles. The fourth-order valence-corrected chi connectivity index (χ4v) is 3.14. The maximum atomic E-state index is 10.3. The minimum Gasteiger partial charge on any atom is -0.388 e. The predicted octanol–water partition coefficient (Wildman–Crippen LogP) is 2.83. The molecule has 1 aromatic rings. The van der Waals surface area contributed by atoms with Gasteiger partial charge in [0.15, 0.2) is 0 Å². The quantitative estimate of drug-likeness (QED) is 0.873. The third-order valence-electron chi connectivity index (χ3n) is 4.85. The molecule has 0 amide bonds. The van der Waals surface area contributed by atoms with Crippen molar-refractivity contribution in [3.63, 3.8) is 0 Å². The first-order chi connectivity index (χ1) is 10.1. The van der Waals surface area contributed by atoms with Crippen molar-refractivity contribution in [3.05, 3.63) is 35.4 Å². The number of aliphatic hydroxyl groups is 1. The van der Waals surface area contributed by atoms with Gasteiger partial charge in [-0.05, 0) is 58.4 Å². The Bertz CT molecular complexity index is 410. The molecule has 0 saturated carbocycles. The van der Waals surface area contributed by atoms with Crippen LogP contribution in [0, 0.1) is 6.92 Å². The molecule has 118 valence electrons. The number of hydrogen-bond donors (Lipinski definition) is 1. The van der Waals surface area contributed by atoms with Crippen molar-refractivity contribution in [2.24, 2.45) is 0 Å². The zero-order valence-electron chi connectivity index (χ0n) is 13.8. The minimum absolute atomic E-state index is 0.344. The molecule has 1 N–H and O–H groups in total. The molecular weight excluding hydrogens is 260 g/mol. The molecule has 0 radical (unpaired) electrons. The van der Waals surface area contributed by atoms with Crippen LogP contribution < -0.4 is 0 Å². The van der Waals surface area contributed by atoms with Gasteiger partial charge in [0, 0.05) is 12.6 Å². The zero-order valence-corrected chi connectivity index (χ0v) is 13.8. The van der Waals surface area contributed by atoms with E-state index in [4.69, 9.17) is 0 Å². The van der Waals surface area contributed by atoms with Crippen LogP contribution in [0.4, 0.5) is 0 Å². The first-order valence-electron chi connectivity index (χ1n) is 8.27. The monoisotopic (exact) mass is 290 g/mol. The highest BCUT2D eigenvalue weighted by molar-refractivity contribution is 5.23. The van der Waals surface area contributed by atoms with Gasteiger partial charge in [0.25, 0.3) is 0 Å². The van der Waals surface area contributed by atoms with Crippen LogP contribution in [-0.4, -0.2) is 54.2 Å². The Morgan fingerprint density at radius 1 is 1.24 bits per heavy atom. The fraction of sp³-hybridized carbons (Fsp3) is 0.667. The number of rotatable bonds is 6. The number of likely N-dealkylation sites (tertiary alicyclic amines) is 1. The molecule has 0 spiro atoms. The highest BCUT2D eigenvalue weighted by Crippen LogP contribution is 2.20. The Labute approximate surface area is 129 Å². The maximum absolute atomic E-state index is 10.3. The zero-order chi connectivity index (χ0) is 15.2. The number of piperidine rings is 1. The lowest BCUT2D eigenvalue weighted by Gasteiger charge is -2.36. The van der Waals surface area contributed by atoms with E-state index in [2.05, 4.69) is 42.8 Å². The van der Waals surface area contributed by atoms with E-state index in [1.807, 2.05) is 12.1 Å². The summed E-state index contributed by atoms with van der Waals surface area (Å²) in [6.07, 6.45) is 2.98. The van der Waals surface area contributed by atoms with E-state index >= 15 is 0 Å². The van der Waals surface area contributed by atoms with Crippen LogP contribution in [0.3, 0.4) is 0 Å². The average Bonchev–Trinajstić information content (AvgIpc) is 2.53. The van der Waals surface area contributed by atoms with Crippen LogP contribution in [0.25, 0.3) is 0 Å². The summed E-state index contributed by atoms with van der Waals surface area (Å²) >= 11 is 0. The van der Waals surface area contributed by atoms with E-state index in [0.29, 0.717) is 6.04 Å². The Morgan fingerprint density at radius 3 is 2.43 bits per heavy atom. The summed E-state index contributed by atoms with van der Waals surface area (Å²) < 4.78 is 0. The van der Waals surface area contributed by atoms with E-state index in [1.54, 1.807) is 0 Å². The summed E-state index contributed by atoms with van der Waals surface area (Å²) in [4.78, 5) is 4.95. The Morgan fingerprint density at radius 2 is 1.86 bits per heavy atom. The van der Waals surface area contributed by atoms with Gasteiger partial charge >= 0.3 is 0 Å². The van der Waals surface area contributed by atoms with Gasteiger partial charge in [0.2, 0.25) is 0 Å². The molecule has 3 heteroatoms. The number of nitrogens with zero attached hydrogens (tertiary/aromatic N) is 2. The Hall–Kier alpha value is -0.900. The summed E-state index contributed by atoms with van der Waals surface area (Å²) in [6.45, 7) is 8.88. The molecule has 1 fully saturated rings. The highest BCUT2D eigenvalue weighted by atomic mass is 16.3. The first-order valence-corrected chi connectivity index (χ1v) is 8.27. The molecule has 0 bridgehead atoms. The van der Waals surface area contributed by atoms with Gasteiger partial charge in [0.05, 0.1) is 6.10 Å². The molecule has 0 aliphatic carbocycles. The van der Waals surface area contributed by atoms with E-state index in [1.165, 1.54) is 38.0 Å². The van der Waals surface area contributed by atoms with Gasteiger partial charge in [0.1, 0.15) is 0 Å². The molecule has 1 aromatic carbocycles. The topological polar surface area (TPSA) is 26.7 Å². The third kappa shape index (κ3) is 4.80. The number of aryl methyl sites for hydroxylation is 1. The van der Waals surface area contributed by atoms with Crippen molar-refractivity contribution in [2.45, 2.75) is 45.3 Å². The van der Waals surface area contributed by atoms with Gasteiger partial charge < -0.3 is 14.9 Å². The van der Waals surface area contributed by atoms with Crippen LogP contribution in [0.15, 0.2) is 24.3 Å². The minimum atomic E-state index is -0.344. The fourth-order valence-electron chi connectivity index (χ4n) is 3.14. The standard InChI is InChI=1S/C18H30N2O/c1-4-20-13-9-17(10-14-20)19(3)12-11-18(21)16-7-5-15(2)6-8-16/h5-8,17-18,21H,4,9-14H2,1-3H3. The summed E-state index contributed by atoms with van der Waals surface area (Å²) in [6, 6.07) is 8.91.